The van der Waals surface area contributed by atoms with Crippen molar-refractivity contribution in [1.29, 1.82) is 0 Å². The van der Waals surface area contributed by atoms with Crippen LogP contribution in [0.5, 0.6) is 11.5 Å². The molecule has 18 heavy (non-hydrogen) atoms. The van der Waals surface area contributed by atoms with Gasteiger partial charge in [-0.25, -0.2) is 0 Å². The summed E-state index contributed by atoms with van der Waals surface area (Å²) in [4.78, 5) is 0.812. The molecule has 5 heteroatoms. The van der Waals surface area contributed by atoms with Crippen LogP contribution in [0.3, 0.4) is 0 Å². The molecule has 0 aliphatic carbocycles. The topological polar surface area (TPSA) is 61.6 Å². The van der Waals surface area contributed by atoms with E-state index in [9.17, 15) is 4.21 Å². The number of hydrogen-bond donors (Lipinski definition) is 1. The van der Waals surface area contributed by atoms with E-state index in [0.29, 0.717) is 31.3 Å². The molecule has 1 heterocycles. The molecular formula is C13H19NO3S. The fraction of sp³-hybridized carbons (Fsp3) is 0.538. The molecule has 0 radical (unpaired) electrons. The molecule has 1 aliphatic rings. The Bertz CT molecular complexity index is 423. The molecule has 0 amide bonds. The normalized spacial score (nSPS) is 15.4. The minimum Gasteiger partial charge on any atom is -0.486 e. The van der Waals surface area contributed by atoms with Crippen molar-refractivity contribution in [3.63, 3.8) is 0 Å². The van der Waals surface area contributed by atoms with Gasteiger partial charge < -0.3 is 15.2 Å². The maximum atomic E-state index is 12.1. The van der Waals surface area contributed by atoms with E-state index < -0.39 is 10.8 Å². The zero-order valence-electron chi connectivity index (χ0n) is 10.4. The summed E-state index contributed by atoms with van der Waals surface area (Å²) in [5.74, 6) is 2.12. The molecule has 1 unspecified atom stereocenters. The number of hydrogen-bond acceptors (Lipinski definition) is 4. The summed E-state index contributed by atoms with van der Waals surface area (Å²) < 4.78 is 23.0. The van der Waals surface area contributed by atoms with Gasteiger partial charge >= 0.3 is 0 Å². The van der Waals surface area contributed by atoms with Crippen molar-refractivity contribution in [2.45, 2.75) is 24.2 Å². The predicted molar refractivity (Wildman–Crippen MR) is 71.6 cm³/mol. The lowest BCUT2D eigenvalue weighted by Crippen LogP contribution is -2.15. The lowest BCUT2D eigenvalue weighted by molar-refractivity contribution is 0.171. The summed E-state index contributed by atoms with van der Waals surface area (Å²) in [6.07, 6.45) is 2.98. The van der Waals surface area contributed by atoms with Gasteiger partial charge in [-0.1, -0.05) is 6.42 Å². The van der Waals surface area contributed by atoms with Crippen LogP contribution in [0.1, 0.15) is 19.3 Å². The highest BCUT2D eigenvalue weighted by molar-refractivity contribution is 7.85. The lowest BCUT2D eigenvalue weighted by Gasteiger charge is -2.18. The lowest BCUT2D eigenvalue weighted by atomic mass is 10.2. The van der Waals surface area contributed by atoms with Crippen LogP contribution in [-0.2, 0) is 10.8 Å². The van der Waals surface area contributed by atoms with Crippen molar-refractivity contribution in [3.05, 3.63) is 18.2 Å². The van der Waals surface area contributed by atoms with Crippen LogP contribution in [0.25, 0.3) is 0 Å². The number of fused-ring (bicyclic) bond motifs is 1. The van der Waals surface area contributed by atoms with Crippen molar-refractivity contribution in [2.24, 2.45) is 5.73 Å². The zero-order chi connectivity index (χ0) is 12.8. The van der Waals surface area contributed by atoms with E-state index in [1.54, 1.807) is 0 Å². The Labute approximate surface area is 110 Å². The second kappa shape index (κ2) is 6.75. The highest BCUT2D eigenvalue weighted by atomic mass is 32.2. The van der Waals surface area contributed by atoms with Gasteiger partial charge in [-0.05, 0) is 31.5 Å². The molecule has 0 spiro atoms. The van der Waals surface area contributed by atoms with Gasteiger partial charge in [-0.3, -0.25) is 4.21 Å². The third kappa shape index (κ3) is 3.46. The summed E-state index contributed by atoms with van der Waals surface area (Å²) in [5, 5.41) is 0. The van der Waals surface area contributed by atoms with Crippen molar-refractivity contribution < 1.29 is 13.7 Å². The monoisotopic (exact) mass is 269 g/mol. The van der Waals surface area contributed by atoms with Crippen LogP contribution in [-0.4, -0.2) is 29.7 Å². The molecule has 0 aromatic heterocycles. The van der Waals surface area contributed by atoms with Crippen LogP contribution in [0, 0.1) is 0 Å². The minimum atomic E-state index is -0.961. The van der Waals surface area contributed by atoms with Gasteiger partial charge in [0.05, 0.1) is 10.8 Å². The van der Waals surface area contributed by atoms with E-state index in [4.69, 9.17) is 15.2 Å². The van der Waals surface area contributed by atoms with Gasteiger partial charge in [0.1, 0.15) is 13.2 Å². The van der Waals surface area contributed by atoms with E-state index in [1.807, 2.05) is 18.2 Å². The maximum absolute atomic E-state index is 12.1. The number of benzene rings is 1. The summed E-state index contributed by atoms with van der Waals surface area (Å²) in [6.45, 7) is 1.84. The molecule has 1 aliphatic heterocycles. The first kappa shape index (κ1) is 13.4. The van der Waals surface area contributed by atoms with E-state index >= 15 is 0 Å². The van der Waals surface area contributed by atoms with Crippen molar-refractivity contribution in [1.82, 2.24) is 0 Å². The molecule has 2 rings (SSSR count). The van der Waals surface area contributed by atoms with Crippen molar-refractivity contribution in [3.8, 4) is 11.5 Å². The second-order valence-corrected chi connectivity index (χ2v) is 5.78. The molecule has 0 fully saturated rings. The Morgan fingerprint density at radius 3 is 2.67 bits per heavy atom. The average Bonchev–Trinajstić information content (AvgIpc) is 2.43. The Kier molecular flexibility index (Phi) is 5.01. The van der Waals surface area contributed by atoms with Crippen LogP contribution < -0.4 is 15.2 Å². The smallest absolute Gasteiger partial charge is 0.162 e. The summed E-state index contributed by atoms with van der Waals surface area (Å²) >= 11 is 0. The molecule has 4 nitrogen and oxygen atoms in total. The minimum absolute atomic E-state index is 0.555. The number of ether oxygens (including phenoxy) is 2. The molecule has 1 aromatic carbocycles. The average molecular weight is 269 g/mol. The highest BCUT2D eigenvalue weighted by Gasteiger charge is 2.13. The predicted octanol–water partition coefficient (Wildman–Crippen LogP) is 1.69. The Morgan fingerprint density at radius 2 is 1.89 bits per heavy atom. The van der Waals surface area contributed by atoms with Crippen LogP contribution in [0.2, 0.25) is 0 Å². The van der Waals surface area contributed by atoms with E-state index in [-0.39, 0.29) is 0 Å². The largest absolute Gasteiger partial charge is 0.486 e. The summed E-state index contributed by atoms with van der Waals surface area (Å²) in [5.41, 5.74) is 5.43. The van der Waals surface area contributed by atoms with E-state index in [0.717, 1.165) is 29.9 Å². The molecular weight excluding hydrogens is 250 g/mol. The van der Waals surface area contributed by atoms with Gasteiger partial charge in [-0.15, -0.1) is 0 Å². The van der Waals surface area contributed by atoms with E-state index in [2.05, 4.69) is 0 Å². The first-order valence-corrected chi connectivity index (χ1v) is 7.61. The van der Waals surface area contributed by atoms with E-state index in [1.165, 1.54) is 0 Å². The summed E-state index contributed by atoms with van der Waals surface area (Å²) in [6, 6.07) is 5.52. The van der Waals surface area contributed by atoms with Gasteiger partial charge in [0.2, 0.25) is 0 Å². The van der Waals surface area contributed by atoms with Gasteiger partial charge in [-0.2, -0.15) is 0 Å². The third-order valence-electron chi connectivity index (χ3n) is 2.81. The van der Waals surface area contributed by atoms with Crippen LogP contribution >= 0.6 is 0 Å². The zero-order valence-corrected chi connectivity index (χ0v) is 11.2. The molecule has 0 saturated heterocycles. The molecule has 2 N–H and O–H groups in total. The highest BCUT2D eigenvalue weighted by Crippen LogP contribution is 2.31. The fourth-order valence-corrected chi connectivity index (χ4v) is 3.00. The second-order valence-electron chi connectivity index (χ2n) is 4.20. The molecule has 0 saturated carbocycles. The quantitative estimate of drug-likeness (QED) is 0.798. The first-order chi connectivity index (χ1) is 8.81. The Hall–Kier alpha value is -1.07. The van der Waals surface area contributed by atoms with Crippen LogP contribution in [0.15, 0.2) is 23.1 Å². The standard InChI is InChI=1S/C13H19NO3S/c14-6-2-1-3-9-18(15)11-4-5-12-13(10-11)17-8-7-16-12/h4-5,10H,1-3,6-9,14H2. The molecule has 100 valence electrons. The molecule has 0 bridgehead atoms. The first-order valence-electron chi connectivity index (χ1n) is 6.29. The van der Waals surface area contributed by atoms with Gasteiger partial charge in [0.15, 0.2) is 11.5 Å². The fourth-order valence-electron chi connectivity index (χ4n) is 1.84. The maximum Gasteiger partial charge on any atom is 0.162 e. The Balaban J connectivity index is 1.94. The number of unbranched alkanes of at least 4 members (excludes halogenated alkanes) is 2. The number of nitrogens with two attached hydrogens (primary N) is 1. The number of rotatable bonds is 6. The molecule has 1 atom stereocenters. The summed E-state index contributed by atoms with van der Waals surface area (Å²) in [7, 11) is -0.961. The molecule has 1 aromatic rings. The van der Waals surface area contributed by atoms with Crippen LogP contribution in [0.4, 0.5) is 0 Å². The third-order valence-corrected chi connectivity index (χ3v) is 4.25. The van der Waals surface area contributed by atoms with Crippen molar-refractivity contribution in [2.75, 3.05) is 25.5 Å². The van der Waals surface area contributed by atoms with Gasteiger partial charge in [0, 0.05) is 16.7 Å². The van der Waals surface area contributed by atoms with Gasteiger partial charge in [0.25, 0.3) is 0 Å². The van der Waals surface area contributed by atoms with Crippen molar-refractivity contribution >= 4 is 10.8 Å². The SMILES string of the molecule is NCCCCCS(=O)c1ccc2c(c1)OCCO2. The Morgan fingerprint density at radius 1 is 1.11 bits per heavy atom.